The van der Waals surface area contributed by atoms with Crippen LogP contribution in [0, 0.1) is 11.3 Å². The zero-order chi connectivity index (χ0) is 21.2. The van der Waals surface area contributed by atoms with Crippen molar-refractivity contribution in [2.75, 3.05) is 23.5 Å². The molecule has 0 saturated heterocycles. The molecular weight excluding hydrogens is 404 g/mol. The van der Waals surface area contributed by atoms with Crippen molar-refractivity contribution in [3.05, 3.63) is 81.8 Å². The molecule has 0 aromatic heterocycles. The Balaban J connectivity index is 1.87. The molecule has 0 saturated carbocycles. The maximum Gasteiger partial charge on any atom is 0.338 e. The van der Waals surface area contributed by atoms with Crippen molar-refractivity contribution >= 4 is 34.9 Å². The number of ether oxygens (including phenoxy) is 1. The lowest BCUT2D eigenvalue weighted by atomic mass is 9.67. The number of fused-ring (bicyclic) bond motifs is 3. The zero-order valence-electron chi connectivity index (χ0n) is 15.8. The monoisotopic (exact) mass is 418 g/mol. The first-order valence-corrected chi connectivity index (χ1v) is 9.55. The largest absolute Gasteiger partial charge is 0.456 e. The van der Waals surface area contributed by atoms with E-state index in [4.69, 9.17) is 22.1 Å². The summed E-state index contributed by atoms with van der Waals surface area (Å²) in [6.07, 6.45) is 0. The van der Waals surface area contributed by atoms with Crippen LogP contribution >= 0.6 is 11.6 Å². The Kier molecular flexibility index (Phi) is 3.73. The number of anilines is 2. The lowest BCUT2D eigenvalue weighted by Crippen LogP contribution is -2.50. The standard InChI is InChI=1S/C22H15ClN4O3/c1-26-16-5-3-2-4-14(16)22(21(26)29)15(10-24)19(25)27(13-8-6-12(23)7-9-13)17-11-30-20(28)18(17)22/h2-9H,11,25H2,1H3/t22-/m0/s1. The van der Waals surface area contributed by atoms with Crippen LogP contribution in [0.3, 0.4) is 0 Å². The maximum absolute atomic E-state index is 13.6. The predicted molar refractivity (Wildman–Crippen MR) is 110 cm³/mol. The van der Waals surface area contributed by atoms with E-state index in [1.54, 1.807) is 60.5 Å². The van der Waals surface area contributed by atoms with Gasteiger partial charge in [0.25, 0.3) is 0 Å². The van der Waals surface area contributed by atoms with E-state index in [9.17, 15) is 14.9 Å². The molecule has 0 unspecified atom stereocenters. The second-order valence-corrected chi connectivity index (χ2v) is 7.65. The number of cyclic esters (lactones) is 1. The number of likely N-dealkylation sites (N-methyl/N-ethyl adjacent to an activating group) is 1. The minimum absolute atomic E-state index is 0.00292. The molecule has 3 heterocycles. The van der Waals surface area contributed by atoms with Gasteiger partial charge in [-0.3, -0.25) is 9.69 Å². The minimum atomic E-state index is -1.63. The third-order valence-electron chi connectivity index (χ3n) is 5.84. The molecule has 0 bridgehead atoms. The topological polar surface area (TPSA) is 99.7 Å². The van der Waals surface area contributed by atoms with Gasteiger partial charge in [0.05, 0.1) is 16.8 Å². The molecule has 148 valence electrons. The number of carbonyl (C=O) groups excluding carboxylic acids is 2. The fourth-order valence-corrected chi connectivity index (χ4v) is 4.71. The van der Waals surface area contributed by atoms with Crippen molar-refractivity contribution in [3.8, 4) is 6.07 Å². The second-order valence-electron chi connectivity index (χ2n) is 7.21. The summed E-state index contributed by atoms with van der Waals surface area (Å²) in [7, 11) is 1.62. The molecule has 0 radical (unpaired) electrons. The predicted octanol–water partition coefficient (Wildman–Crippen LogP) is 2.58. The van der Waals surface area contributed by atoms with E-state index < -0.39 is 17.3 Å². The number of hydrogen-bond acceptors (Lipinski definition) is 6. The molecule has 7 nitrogen and oxygen atoms in total. The van der Waals surface area contributed by atoms with Crippen LogP contribution < -0.4 is 15.5 Å². The van der Waals surface area contributed by atoms with Gasteiger partial charge in [-0.15, -0.1) is 0 Å². The van der Waals surface area contributed by atoms with Crippen LogP contribution in [-0.4, -0.2) is 25.5 Å². The lowest BCUT2D eigenvalue weighted by Gasteiger charge is -2.38. The van der Waals surface area contributed by atoms with Crippen LogP contribution in [0.2, 0.25) is 5.02 Å². The van der Waals surface area contributed by atoms with Crippen LogP contribution in [0.25, 0.3) is 0 Å². The van der Waals surface area contributed by atoms with E-state index >= 15 is 0 Å². The Morgan fingerprint density at radius 2 is 1.87 bits per heavy atom. The number of rotatable bonds is 1. The molecule has 2 aromatic rings. The number of nitrogens with zero attached hydrogens (tertiary/aromatic N) is 3. The summed E-state index contributed by atoms with van der Waals surface area (Å²) >= 11 is 6.01. The highest BCUT2D eigenvalue weighted by molar-refractivity contribution is 6.30. The Morgan fingerprint density at radius 1 is 1.17 bits per heavy atom. The summed E-state index contributed by atoms with van der Waals surface area (Å²) in [6.45, 7) is -0.0584. The van der Waals surface area contributed by atoms with Gasteiger partial charge in [-0.2, -0.15) is 5.26 Å². The van der Waals surface area contributed by atoms with E-state index in [1.807, 2.05) is 0 Å². The van der Waals surface area contributed by atoms with Crippen LogP contribution in [0.5, 0.6) is 0 Å². The van der Waals surface area contributed by atoms with Gasteiger partial charge in [0.15, 0.2) is 0 Å². The van der Waals surface area contributed by atoms with Gasteiger partial charge in [-0.1, -0.05) is 29.8 Å². The second kappa shape index (κ2) is 6.12. The SMILES string of the molecule is CN1C(=O)[C@]2(C(C#N)=C(N)N(c3ccc(Cl)cc3)C3=C2C(=O)OC3)c2ccccc21. The Labute approximate surface area is 177 Å². The fraction of sp³-hybridized carbons (Fsp3) is 0.136. The first kappa shape index (κ1) is 18.3. The van der Waals surface area contributed by atoms with Gasteiger partial charge in [-0.25, -0.2) is 4.79 Å². The lowest BCUT2D eigenvalue weighted by molar-refractivity contribution is -0.137. The maximum atomic E-state index is 13.6. The zero-order valence-corrected chi connectivity index (χ0v) is 16.6. The number of benzene rings is 2. The molecule has 0 aliphatic carbocycles. The van der Waals surface area contributed by atoms with Crippen molar-refractivity contribution in [1.29, 1.82) is 5.26 Å². The molecule has 1 spiro atoms. The van der Waals surface area contributed by atoms with Crippen molar-refractivity contribution < 1.29 is 14.3 Å². The quantitative estimate of drug-likeness (QED) is 0.714. The van der Waals surface area contributed by atoms with E-state index in [2.05, 4.69) is 6.07 Å². The summed E-state index contributed by atoms with van der Waals surface area (Å²) in [4.78, 5) is 29.6. The molecule has 1 atom stereocenters. The van der Waals surface area contributed by atoms with Crippen molar-refractivity contribution in [1.82, 2.24) is 0 Å². The third kappa shape index (κ3) is 2.03. The van der Waals surface area contributed by atoms with Gasteiger partial charge in [-0.05, 0) is 30.3 Å². The number of nitrogens with two attached hydrogens (primary N) is 1. The van der Waals surface area contributed by atoms with E-state index in [0.717, 1.165) is 0 Å². The first-order chi connectivity index (χ1) is 14.4. The number of nitriles is 1. The molecule has 8 heteroatoms. The van der Waals surface area contributed by atoms with E-state index in [-0.39, 0.29) is 23.6 Å². The molecule has 30 heavy (non-hydrogen) atoms. The molecule has 5 rings (SSSR count). The van der Waals surface area contributed by atoms with Crippen LogP contribution in [0.4, 0.5) is 11.4 Å². The molecule has 1 amide bonds. The average Bonchev–Trinajstić information content (AvgIpc) is 3.23. The summed E-state index contributed by atoms with van der Waals surface area (Å²) < 4.78 is 5.36. The molecule has 0 fully saturated rings. The van der Waals surface area contributed by atoms with Crippen molar-refractivity contribution in [3.63, 3.8) is 0 Å². The molecule has 2 aromatic carbocycles. The Bertz CT molecular complexity index is 1240. The van der Waals surface area contributed by atoms with Crippen molar-refractivity contribution in [2.45, 2.75) is 5.41 Å². The molecule has 3 aliphatic heterocycles. The number of hydrogen-bond donors (Lipinski definition) is 1. The van der Waals surface area contributed by atoms with Crippen LogP contribution in [0.1, 0.15) is 5.56 Å². The number of para-hydroxylation sites is 1. The van der Waals surface area contributed by atoms with Gasteiger partial charge in [0.2, 0.25) is 5.91 Å². The highest BCUT2D eigenvalue weighted by Crippen LogP contribution is 2.55. The fourth-order valence-electron chi connectivity index (χ4n) is 4.59. The molecular formula is C22H15ClN4O3. The van der Waals surface area contributed by atoms with Crippen molar-refractivity contribution in [2.24, 2.45) is 5.73 Å². The number of amides is 1. The number of carbonyl (C=O) groups is 2. The molecule has 2 N–H and O–H groups in total. The van der Waals surface area contributed by atoms with Gasteiger partial charge < -0.3 is 15.4 Å². The summed E-state index contributed by atoms with van der Waals surface area (Å²) in [6, 6.07) is 16.0. The first-order valence-electron chi connectivity index (χ1n) is 9.17. The third-order valence-corrected chi connectivity index (χ3v) is 6.09. The number of esters is 1. The highest BCUT2D eigenvalue weighted by Gasteiger charge is 2.63. The Morgan fingerprint density at radius 3 is 2.57 bits per heavy atom. The smallest absolute Gasteiger partial charge is 0.338 e. The van der Waals surface area contributed by atoms with E-state index in [1.165, 1.54) is 4.90 Å². The van der Waals surface area contributed by atoms with Gasteiger partial charge >= 0.3 is 5.97 Å². The minimum Gasteiger partial charge on any atom is -0.456 e. The highest BCUT2D eigenvalue weighted by atomic mass is 35.5. The number of halogens is 1. The van der Waals surface area contributed by atoms with Crippen LogP contribution in [0.15, 0.2) is 71.2 Å². The van der Waals surface area contributed by atoms with Gasteiger partial charge in [0, 0.05) is 29.0 Å². The normalized spacial score (nSPS) is 22.4. The summed E-state index contributed by atoms with van der Waals surface area (Å²) in [5, 5.41) is 10.7. The summed E-state index contributed by atoms with van der Waals surface area (Å²) in [5.74, 6) is -0.969. The average molecular weight is 419 g/mol. The van der Waals surface area contributed by atoms with Gasteiger partial charge in [0.1, 0.15) is 23.9 Å². The summed E-state index contributed by atoms with van der Waals surface area (Å²) in [5.41, 5.74) is 7.21. The molecule has 3 aliphatic rings. The van der Waals surface area contributed by atoms with Crippen LogP contribution in [-0.2, 0) is 19.7 Å². The van der Waals surface area contributed by atoms with E-state index in [0.29, 0.717) is 27.7 Å². The Hall–Kier alpha value is -3.76.